The number of benzene rings is 3. The minimum absolute atomic E-state index is 0.00646. The molecule has 0 bridgehead atoms. The number of likely N-dealkylation sites (N-methyl/N-ethyl adjacent to an activating group) is 1. The molecule has 2 heterocycles. The van der Waals surface area contributed by atoms with Gasteiger partial charge in [-0.15, -0.1) is 0 Å². The maximum Gasteiger partial charge on any atom is 0.271 e. The minimum Gasteiger partial charge on any atom is -0.497 e. The molecule has 0 unspecified atom stereocenters. The predicted octanol–water partition coefficient (Wildman–Crippen LogP) is 5.93. The number of rotatable bonds is 11. The number of anilines is 2. The first-order chi connectivity index (χ1) is 21.5. The average Bonchev–Trinajstić information content (AvgIpc) is 3.50. The van der Waals surface area contributed by atoms with Crippen LogP contribution in [0.4, 0.5) is 24.7 Å². The zero-order valence-electron chi connectivity index (χ0n) is 25.5. The number of nitrogens with zero attached hydrogens (tertiary/aromatic N) is 4. The summed E-state index contributed by atoms with van der Waals surface area (Å²) in [4.78, 5) is 6.89. The second-order valence-corrected chi connectivity index (χ2v) is 12.7. The third-order valence-electron chi connectivity index (χ3n) is 8.14. The van der Waals surface area contributed by atoms with Gasteiger partial charge in [0.05, 0.1) is 27.0 Å². The molecule has 1 aliphatic heterocycles. The Hall–Kier alpha value is -4.29. The molecule has 1 atom stereocenters. The highest BCUT2D eigenvalue weighted by Gasteiger charge is 2.36. The lowest BCUT2D eigenvalue weighted by molar-refractivity contribution is 0.326. The van der Waals surface area contributed by atoms with Crippen molar-refractivity contribution in [2.45, 2.75) is 37.4 Å². The molecule has 1 fully saturated rings. The van der Waals surface area contributed by atoms with Crippen molar-refractivity contribution in [2.75, 3.05) is 43.6 Å². The fraction of sp³-hybridized carbons (Fsp3) is 0.303. The third kappa shape index (κ3) is 6.71. The molecule has 0 amide bonds. The fourth-order valence-corrected chi connectivity index (χ4v) is 7.22. The van der Waals surface area contributed by atoms with Gasteiger partial charge in [0.2, 0.25) is 0 Å². The second-order valence-electron chi connectivity index (χ2n) is 10.9. The quantitative estimate of drug-likeness (QED) is 0.201. The van der Waals surface area contributed by atoms with Gasteiger partial charge >= 0.3 is 0 Å². The van der Waals surface area contributed by atoms with E-state index >= 15 is 8.78 Å². The highest BCUT2D eigenvalue weighted by molar-refractivity contribution is 7.92. The lowest BCUT2D eigenvalue weighted by Crippen LogP contribution is -2.36. The molecule has 8 nitrogen and oxygen atoms in total. The highest BCUT2D eigenvalue weighted by atomic mass is 32.2. The van der Waals surface area contributed by atoms with Crippen LogP contribution >= 0.6 is 0 Å². The van der Waals surface area contributed by atoms with Crippen molar-refractivity contribution in [2.24, 2.45) is 0 Å². The van der Waals surface area contributed by atoms with Gasteiger partial charge in [0.1, 0.15) is 29.0 Å². The van der Waals surface area contributed by atoms with Crippen LogP contribution in [0.2, 0.25) is 0 Å². The van der Waals surface area contributed by atoms with Gasteiger partial charge < -0.3 is 14.4 Å². The lowest BCUT2D eigenvalue weighted by Gasteiger charge is -2.30. The normalized spacial score (nSPS) is 15.2. The van der Waals surface area contributed by atoms with Crippen molar-refractivity contribution in [3.05, 3.63) is 107 Å². The van der Waals surface area contributed by atoms with E-state index < -0.39 is 38.9 Å². The zero-order valence-corrected chi connectivity index (χ0v) is 26.3. The summed E-state index contributed by atoms with van der Waals surface area (Å²) in [5.74, 6) is -2.63. The van der Waals surface area contributed by atoms with E-state index in [1.165, 1.54) is 26.7 Å². The number of sulfonamides is 1. The van der Waals surface area contributed by atoms with Crippen LogP contribution in [-0.2, 0) is 23.1 Å². The number of aromatic nitrogens is 1. The summed E-state index contributed by atoms with van der Waals surface area (Å²) in [6, 6.07) is 18.0. The molecule has 238 valence electrons. The Morgan fingerprint density at radius 3 is 2.42 bits per heavy atom. The first kappa shape index (κ1) is 32.1. The second kappa shape index (κ2) is 13.4. The molecule has 45 heavy (non-hydrogen) atoms. The van der Waals surface area contributed by atoms with Crippen LogP contribution in [0.1, 0.15) is 23.1 Å². The molecule has 0 radical (unpaired) electrons. The van der Waals surface area contributed by atoms with E-state index in [0.717, 1.165) is 48.2 Å². The van der Waals surface area contributed by atoms with E-state index in [1.54, 1.807) is 25.2 Å². The molecule has 0 spiro atoms. The molecule has 5 rings (SSSR count). The van der Waals surface area contributed by atoms with Gasteiger partial charge in [0, 0.05) is 55.6 Å². The molecule has 0 saturated carbocycles. The summed E-state index contributed by atoms with van der Waals surface area (Å²) in [6.45, 7) is 3.28. The van der Waals surface area contributed by atoms with Crippen LogP contribution in [-0.4, -0.2) is 58.7 Å². The van der Waals surface area contributed by atoms with E-state index in [-0.39, 0.29) is 28.9 Å². The topological polar surface area (TPSA) is 75.2 Å². The maximum absolute atomic E-state index is 16.1. The third-order valence-corrected chi connectivity index (χ3v) is 9.93. The van der Waals surface area contributed by atoms with Crippen LogP contribution in [0.15, 0.2) is 77.8 Å². The number of likely N-dealkylation sites (tertiary alicyclic amines) is 1. The Morgan fingerprint density at radius 2 is 1.76 bits per heavy atom. The van der Waals surface area contributed by atoms with E-state index in [0.29, 0.717) is 17.9 Å². The van der Waals surface area contributed by atoms with E-state index in [2.05, 4.69) is 22.0 Å². The van der Waals surface area contributed by atoms with Crippen molar-refractivity contribution in [1.29, 1.82) is 0 Å². The van der Waals surface area contributed by atoms with Crippen LogP contribution < -0.4 is 18.7 Å². The van der Waals surface area contributed by atoms with Gasteiger partial charge in [-0.1, -0.05) is 30.3 Å². The highest BCUT2D eigenvalue weighted by Crippen LogP contribution is 2.36. The summed E-state index contributed by atoms with van der Waals surface area (Å²) in [5.41, 5.74) is 1.80. The Morgan fingerprint density at radius 1 is 1.00 bits per heavy atom. The van der Waals surface area contributed by atoms with Crippen LogP contribution in [0.5, 0.6) is 11.5 Å². The number of methoxy groups -OCH3 is 2. The summed E-state index contributed by atoms with van der Waals surface area (Å²) in [5, 5.41) is 0. The number of pyridine rings is 1. The molecule has 0 aliphatic carbocycles. The molecule has 1 aromatic heterocycles. The first-order valence-corrected chi connectivity index (χ1v) is 15.8. The molecule has 1 aliphatic rings. The number of ether oxygens (including phenoxy) is 2. The van der Waals surface area contributed by atoms with Crippen molar-refractivity contribution < 1.29 is 31.1 Å². The Kier molecular flexibility index (Phi) is 9.54. The smallest absolute Gasteiger partial charge is 0.271 e. The van der Waals surface area contributed by atoms with E-state index in [9.17, 15) is 12.8 Å². The summed E-state index contributed by atoms with van der Waals surface area (Å²) in [6.07, 6.45) is 1.61. The average molecular weight is 641 g/mol. The van der Waals surface area contributed by atoms with Gasteiger partial charge in [0.15, 0.2) is 10.7 Å². The molecule has 1 saturated heterocycles. The van der Waals surface area contributed by atoms with Crippen LogP contribution in [0.3, 0.4) is 0 Å². The number of halogens is 3. The van der Waals surface area contributed by atoms with Crippen molar-refractivity contribution in [1.82, 2.24) is 9.88 Å². The minimum atomic E-state index is -4.91. The van der Waals surface area contributed by atoms with Crippen LogP contribution in [0.25, 0.3) is 0 Å². The van der Waals surface area contributed by atoms with Crippen molar-refractivity contribution >= 4 is 21.5 Å². The van der Waals surface area contributed by atoms with Gasteiger partial charge in [0.25, 0.3) is 10.0 Å². The standard InChI is InChI=1S/C33H35F3N4O4S/c1-22-29(38(2)26-14-15-39(21-26)19-23-8-6-5-7-9-23)17-28(35)33(32(22)36)45(41,42)40(31-13-11-25(34)18-37-31)20-24-10-12-27(43-3)16-30(24)44-4/h5-13,16-18,26H,14-15,19-21H2,1-4H3/t26-/m0/s1. The fourth-order valence-electron chi connectivity index (χ4n) is 5.65. The predicted molar refractivity (Wildman–Crippen MR) is 167 cm³/mol. The molecular formula is C33H35F3N4O4S. The monoisotopic (exact) mass is 640 g/mol. The molecular weight excluding hydrogens is 605 g/mol. The van der Waals surface area contributed by atoms with Crippen LogP contribution in [0, 0.1) is 24.4 Å². The molecule has 12 heteroatoms. The van der Waals surface area contributed by atoms with Gasteiger partial charge in [-0.2, -0.15) is 0 Å². The largest absolute Gasteiger partial charge is 0.497 e. The summed E-state index contributed by atoms with van der Waals surface area (Å²) in [7, 11) is -0.281. The van der Waals surface area contributed by atoms with E-state index in [1.807, 2.05) is 23.1 Å². The van der Waals surface area contributed by atoms with E-state index in [4.69, 9.17) is 9.47 Å². The Balaban J connectivity index is 1.48. The Labute approximate surface area is 261 Å². The number of hydrogen-bond donors (Lipinski definition) is 0. The zero-order chi connectivity index (χ0) is 32.3. The lowest BCUT2D eigenvalue weighted by atomic mass is 10.1. The SMILES string of the molecule is COc1ccc(CN(c2ccc(F)cn2)S(=O)(=O)c2c(F)cc(N(C)[C@H]3CCN(Cc4ccccc4)C3)c(C)c2F)c(OC)c1. The molecule has 4 aromatic rings. The molecule has 0 N–H and O–H groups in total. The van der Waals surface area contributed by atoms with Crippen molar-refractivity contribution in [3.63, 3.8) is 0 Å². The summed E-state index contributed by atoms with van der Waals surface area (Å²) < 4.78 is 85.5. The molecule has 3 aromatic carbocycles. The Bertz CT molecular complexity index is 1760. The first-order valence-electron chi connectivity index (χ1n) is 14.4. The maximum atomic E-state index is 16.1. The van der Waals surface area contributed by atoms with Gasteiger partial charge in [-0.25, -0.2) is 30.9 Å². The summed E-state index contributed by atoms with van der Waals surface area (Å²) >= 11 is 0. The van der Waals surface area contributed by atoms with Gasteiger partial charge in [-0.05, 0) is 49.2 Å². The van der Waals surface area contributed by atoms with Gasteiger partial charge in [-0.3, -0.25) is 4.90 Å². The van der Waals surface area contributed by atoms with Crippen molar-refractivity contribution in [3.8, 4) is 11.5 Å². The number of hydrogen-bond acceptors (Lipinski definition) is 7.